The van der Waals surface area contributed by atoms with Crippen LogP contribution in [0.15, 0.2) is 36.4 Å². The van der Waals surface area contributed by atoms with Gasteiger partial charge in [0.1, 0.15) is 0 Å². The molecule has 2 aromatic rings. The SMILES string of the molecule is CCC(C)c1ccc(N)c2ccccc12. The van der Waals surface area contributed by atoms with Gasteiger partial charge in [-0.05, 0) is 29.4 Å². The highest BCUT2D eigenvalue weighted by atomic mass is 14.5. The minimum Gasteiger partial charge on any atom is -0.398 e. The van der Waals surface area contributed by atoms with Gasteiger partial charge in [-0.25, -0.2) is 0 Å². The molecule has 0 amide bonds. The summed E-state index contributed by atoms with van der Waals surface area (Å²) in [4.78, 5) is 0. The molecule has 78 valence electrons. The summed E-state index contributed by atoms with van der Waals surface area (Å²) in [6, 6.07) is 12.5. The molecule has 1 heteroatoms. The molecule has 0 aliphatic heterocycles. The molecule has 15 heavy (non-hydrogen) atoms. The lowest BCUT2D eigenvalue weighted by Gasteiger charge is -2.13. The summed E-state index contributed by atoms with van der Waals surface area (Å²) in [6.07, 6.45) is 1.16. The van der Waals surface area contributed by atoms with Gasteiger partial charge < -0.3 is 5.73 Å². The lowest BCUT2D eigenvalue weighted by Crippen LogP contribution is -1.95. The third kappa shape index (κ3) is 1.70. The van der Waals surface area contributed by atoms with E-state index in [1.807, 2.05) is 12.1 Å². The molecular weight excluding hydrogens is 182 g/mol. The van der Waals surface area contributed by atoms with Gasteiger partial charge in [0.25, 0.3) is 0 Å². The first kappa shape index (κ1) is 10.0. The van der Waals surface area contributed by atoms with E-state index in [0.717, 1.165) is 12.1 Å². The predicted molar refractivity (Wildman–Crippen MR) is 67.1 cm³/mol. The third-order valence-electron chi connectivity index (χ3n) is 3.13. The van der Waals surface area contributed by atoms with Crippen LogP contribution in [0.4, 0.5) is 5.69 Å². The second-order valence-corrected chi connectivity index (χ2v) is 4.10. The molecule has 0 aliphatic rings. The van der Waals surface area contributed by atoms with Crippen molar-refractivity contribution in [2.45, 2.75) is 26.2 Å². The van der Waals surface area contributed by atoms with Crippen LogP contribution < -0.4 is 5.73 Å². The molecule has 0 bridgehead atoms. The molecule has 1 atom stereocenters. The average Bonchev–Trinajstić information content (AvgIpc) is 2.29. The van der Waals surface area contributed by atoms with E-state index in [0.29, 0.717) is 5.92 Å². The molecule has 0 spiro atoms. The fraction of sp³-hybridized carbons (Fsp3) is 0.286. The van der Waals surface area contributed by atoms with Gasteiger partial charge in [-0.2, -0.15) is 0 Å². The summed E-state index contributed by atoms with van der Waals surface area (Å²) in [5, 5.41) is 2.47. The van der Waals surface area contributed by atoms with Crippen molar-refractivity contribution >= 4 is 16.5 Å². The Morgan fingerprint density at radius 2 is 1.73 bits per heavy atom. The number of rotatable bonds is 2. The minimum absolute atomic E-state index is 0.593. The number of nitrogen functional groups attached to an aromatic ring is 1. The van der Waals surface area contributed by atoms with Crippen LogP contribution in [0.25, 0.3) is 10.8 Å². The lowest BCUT2D eigenvalue weighted by molar-refractivity contribution is 0.740. The summed E-state index contributed by atoms with van der Waals surface area (Å²) in [6.45, 7) is 4.48. The van der Waals surface area contributed by atoms with Gasteiger partial charge >= 0.3 is 0 Å². The van der Waals surface area contributed by atoms with E-state index >= 15 is 0 Å². The van der Waals surface area contributed by atoms with Gasteiger partial charge in [-0.3, -0.25) is 0 Å². The zero-order chi connectivity index (χ0) is 10.8. The third-order valence-corrected chi connectivity index (χ3v) is 3.13. The van der Waals surface area contributed by atoms with Crippen LogP contribution >= 0.6 is 0 Å². The number of hydrogen-bond donors (Lipinski definition) is 1. The van der Waals surface area contributed by atoms with Crippen molar-refractivity contribution < 1.29 is 0 Å². The molecular formula is C14H17N. The zero-order valence-corrected chi connectivity index (χ0v) is 9.33. The molecule has 2 N–H and O–H groups in total. The Morgan fingerprint density at radius 3 is 2.40 bits per heavy atom. The molecule has 2 aromatic carbocycles. The fourth-order valence-electron chi connectivity index (χ4n) is 2.00. The number of anilines is 1. The smallest absolute Gasteiger partial charge is 0.0393 e. The van der Waals surface area contributed by atoms with Crippen LogP contribution in [0.2, 0.25) is 0 Å². The summed E-state index contributed by atoms with van der Waals surface area (Å²) in [7, 11) is 0. The van der Waals surface area contributed by atoms with Crippen LogP contribution in [0.1, 0.15) is 31.7 Å². The normalized spacial score (nSPS) is 12.9. The summed E-state index contributed by atoms with van der Waals surface area (Å²) in [5.74, 6) is 0.593. The van der Waals surface area contributed by atoms with E-state index in [1.165, 1.54) is 16.3 Å². The maximum atomic E-state index is 5.97. The van der Waals surface area contributed by atoms with Crippen molar-refractivity contribution in [1.82, 2.24) is 0 Å². The number of benzene rings is 2. The fourth-order valence-corrected chi connectivity index (χ4v) is 2.00. The molecule has 0 saturated carbocycles. The van der Waals surface area contributed by atoms with Gasteiger partial charge in [0.15, 0.2) is 0 Å². The van der Waals surface area contributed by atoms with Crippen LogP contribution in [0.5, 0.6) is 0 Å². The zero-order valence-electron chi connectivity index (χ0n) is 9.33. The minimum atomic E-state index is 0.593. The highest BCUT2D eigenvalue weighted by molar-refractivity contribution is 5.95. The first-order chi connectivity index (χ1) is 7.24. The van der Waals surface area contributed by atoms with Crippen LogP contribution in [0.3, 0.4) is 0 Å². The summed E-state index contributed by atoms with van der Waals surface area (Å²) in [5.41, 5.74) is 8.24. The standard InChI is InChI=1S/C14H17N/c1-3-10(2)11-8-9-14(15)13-7-5-4-6-12(11)13/h4-10H,3,15H2,1-2H3. The first-order valence-corrected chi connectivity index (χ1v) is 5.51. The first-order valence-electron chi connectivity index (χ1n) is 5.51. The highest BCUT2D eigenvalue weighted by Crippen LogP contribution is 2.30. The quantitative estimate of drug-likeness (QED) is 0.728. The van der Waals surface area contributed by atoms with Crippen LogP contribution in [-0.2, 0) is 0 Å². The summed E-state index contributed by atoms with van der Waals surface area (Å²) < 4.78 is 0. The second-order valence-electron chi connectivity index (χ2n) is 4.10. The number of nitrogens with two attached hydrogens (primary N) is 1. The van der Waals surface area contributed by atoms with E-state index in [4.69, 9.17) is 5.73 Å². The van der Waals surface area contributed by atoms with Crippen molar-refractivity contribution in [3.63, 3.8) is 0 Å². The average molecular weight is 199 g/mol. The van der Waals surface area contributed by atoms with Crippen LogP contribution in [0, 0.1) is 0 Å². The van der Waals surface area contributed by atoms with Crippen molar-refractivity contribution in [3.05, 3.63) is 42.0 Å². The molecule has 0 aliphatic carbocycles. The van der Waals surface area contributed by atoms with E-state index in [-0.39, 0.29) is 0 Å². The Bertz CT molecular complexity index is 474. The Kier molecular flexibility index (Phi) is 2.63. The molecule has 2 rings (SSSR count). The van der Waals surface area contributed by atoms with Crippen molar-refractivity contribution in [2.75, 3.05) is 5.73 Å². The lowest BCUT2D eigenvalue weighted by atomic mass is 9.92. The highest BCUT2D eigenvalue weighted by Gasteiger charge is 2.08. The van der Waals surface area contributed by atoms with Crippen LogP contribution in [-0.4, -0.2) is 0 Å². The van der Waals surface area contributed by atoms with E-state index in [2.05, 4.69) is 38.1 Å². The molecule has 0 saturated heterocycles. The maximum absolute atomic E-state index is 5.97. The molecule has 0 heterocycles. The monoisotopic (exact) mass is 199 g/mol. The topological polar surface area (TPSA) is 26.0 Å². The summed E-state index contributed by atoms with van der Waals surface area (Å²) >= 11 is 0. The second kappa shape index (κ2) is 3.93. The molecule has 0 radical (unpaired) electrons. The van der Waals surface area contributed by atoms with E-state index in [1.54, 1.807) is 0 Å². The van der Waals surface area contributed by atoms with Gasteiger partial charge in [-0.1, -0.05) is 44.2 Å². The Balaban J connectivity index is 2.71. The Hall–Kier alpha value is -1.50. The molecule has 1 unspecified atom stereocenters. The van der Waals surface area contributed by atoms with Gasteiger partial charge in [0.05, 0.1) is 0 Å². The van der Waals surface area contributed by atoms with E-state index in [9.17, 15) is 0 Å². The van der Waals surface area contributed by atoms with E-state index < -0.39 is 0 Å². The largest absolute Gasteiger partial charge is 0.398 e. The number of fused-ring (bicyclic) bond motifs is 1. The number of hydrogen-bond acceptors (Lipinski definition) is 1. The molecule has 0 aromatic heterocycles. The molecule has 1 nitrogen and oxygen atoms in total. The maximum Gasteiger partial charge on any atom is 0.0393 e. The molecule has 0 fully saturated rings. The Morgan fingerprint density at radius 1 is 1.07 bits per heavy atom. The predicted octanol–water partition coefficient (Wildman–Crippen LogP) is 3.94. The van der Waals surface area contributed by atoms with Crippen molar-refractivity contribution in [3.8, 4) is 0 Å². The van der Waals surface area contributed by atoms with Gasteiger partial charge in [-0.15, -0.1) is 0 Å². The van der Waals surface area contributed by atoms with Gasteiger partial charge in [0.2, 0.25) is 0 Å². The van der Waals surface area contributed by atoms with Crippen molar-refractivity contribution in [2.24, 2.45) is 0 Å². The Labute approximate surface area is 90.9 Å². The van der Waals surface area contributed by atoms with Crippen molar-refractivity contribution in [1.29, 1.82) is 0 Å². The van der Waals surface area contributed by atoms with Gasteiger partial charge in [0, 0.05) is 11.1 Å².